The van der Waals surface area contributed by atoms with Gasteiger partial charge in [0.25, 0.3) is 0 Å². The first-order valence-corrected chi connectivity index (χ1v) is 8.41. The average Bonchev–Trinajstić information content (AvgIpc) is 2.43. The van der Waals surface area contributed by atoms with E-state index in [-0.39, 0.29) is 0 Å². The van der Waals surface area contributed by atoms with Crippen molar-refractivity contribution in [3.8, 4) is 0 Å². The summed E-state index contributed by atoms with van der Waals surface area (Å²) in [6.45, 7) is 6.58. The van der Waals surface area contributed by atoms with Crippen molar-refractivity contribution in [2.75, 3.05) is 33.2 Å². The molecule has 1 amide bonds. The van der Waals surface area contributed by atoms with Crippen LogP contribution in [0.3, 0.4) is 0 Å². The van der Waals surface area contributed by atoms with Gasteiger partial charge in [0.2, 0.25) is 5.91 Å². The van der Waals surface area contributed by atoms with Gasteiger partial charge < -0.3 is 21.3 Å². The molecule has 2 heterocycles. The molecule has 0 saturated carbocycles. The van der Waals surface area contributed by atoms with Crippen molar-refractivity contribution in [1.82, 2.24) is 9.80 Å². The minimum atomic E-state index is -0.848. The highest BCUT2D eigenvalue weighted by Crippen LogP contribution is 2.29. The van der Waals surface area contributed by atoms with Crippen LogP contribution >= 0.6 is 0 Å². The van der Waals surface area contributed by atoms with Crippen LogP contribution in [0.5, 0.6) is 0 Å². The highest BCUT2D eigenvalue weighted by molar-refractivity contribution is 5.83. The number of fused-ring (bicyclic) bond motifs is 1. The predicted octanol–water partition coefficient (Wildman–Crippen LogP) is 0.776. The number of carbonyl (C=O) groups excluding carboxylic acids is 1. The average molecular weight is 296 g/mol. The molecule has 0 aromatic carbocycles. The van der Waals surface area contributed by atoms with Gasteiger partial charge in [-0.15, -0.1) is 0 Å². The predicted molar refractivity (Wildman–Crippen MR) is 85.8 cm³/mol. The molecule has 2 aliphatic rings. The lowest BCUT2D eigenvalue weighted by Crippen LogP contribution is -2.52. The first-order chi connectivity index (χ1) is 9.90. The Morgan fingerprint density at radius 1 is 1.29 bits per heavy atom. The molecule has 122 valence electrons. The number of carbonyl (C=O) groups is 1. The quantitative estimate of drug-likeness (QED) is 0.710. The maximum atomic E-state index is 11.2. The van der Waals surface area contributed by atoms with Gasteiger partial charge in [0.05, 0.1) is 5.54 Å². The topological polar surface area (TPSA) is 75.6 Å². The summed E-state index contributed by atoms with van der Waals surface area (Å²) in [5.41, 5.74) is 10.3. The van der Waals surface area contributed by atoms with Gasteiger partial charge in [-0.1, -0.05) is 0 Å². The summed E-state index contributed by atoms with van der Waals surface area (Å²) in [6.07, 6.45) is 6.79. The molecular formula is C16H32N4O. The van der Waals surface area contributed by atoms with E-state index in [4.69, 9.17) is 11.5 Å². The molecule has 3 atom stereocenters. The van der Waals surface area contributed by atoms with Crippen LogP contribution in [0.25, 0.3) is 0 Å². The molecule has 2 rings (SSSR count). The Labute approximate surface area is 129 Å². The van der Waals surface area contributed by atoms with Crippen molar-refractivity contribution < 1.29 is 4.79 Å². The van der Waals surface area contributed by atoms with Crippen molar-refractivity contribution in [1.29, 1.82) is 0 Å². The van der Waals surface area contributed by atoms with E-state index < -0.39 is 11.4 Å². The molecule has 0 aliphatic carbocycles. The van der Waals surface area contributed by atoms with Crippen LogP contribution < -0.4 is 11.5 Å². The zero-order valence-corrected chi connectivity index (χ0v) is 13.7. The van der Waals surface area contributed by atoms with Crippen LogP contribution in [-0.2, 0) is 4.79 Å². The molecule has 5 heteroatoms. The minimum Gasteiger partial charge on any atom is -0.368 e. The highest BCUT2D eigenvalue weighted by Gasteiger charge is 2.33. The molecule has 4 N–H and O–H groups in total. The van der Waals surface area contributed by atoms with Gasteiger partial charge in [-0.3, -0.25) is 4.79 Å². The van der Waals surface area contributed by atoms with E-state index in [0.29, 0.717) is 6.42 Å². The fourth-order valence-corrected chi connectivity index (χ4v) is 3.88. The first-order valence-electron chi connectivity index (χ1n) is 8.41. The molecule has 0 aromatic heterocycles. The molecule has 2 aliphatic heterocycles. The molecule has 0 bridgehead atoms. The lowest BCUT2D eigenvalue weighted by atomic mass is 9.84. The van der Waals surface area contributed by atoms with E-state index in [1.165, 1.54) is 38.9 Å². The number of likely N-dealkylation sites (tertiary alicyclic amines) is 2. The summed E-state index contributed by atoms with van der Waals surface area (Å²) in [5.74, 6) is 0.455. The highest BCUT2D eigenvalue weighted by atomic mass is 16.1. The van der Waals surface area contributed by atoms with Crippen molar-refractivity contribution >= 4 is 5.91 Å². The van der Waals surface area contributed by atoms with Crippen LogP contribution in [0.2, 0.25) is 0 Å². The van der Waals surface area contributed by atoms with Crippen LogP contribution in [0, 0.1) is 5.92 Å². The number of hydrogen-bond acceptors (Lipinski definition) is 4. The van der Waals surface area contributed by atoms with E-state index in [1.54, 1.807) is 6.92 Å². The minimum absolute atomic E-state index is 0.395. The maximum absolute atomic E-state index is 11.2. The van der Waals surface area contributed by atoms with Gasteiger partial charge >= 0.3 is 0 Å². The molecular weight excluding hydrogens is 264 g/mol. The van der Waals surface area contributed by atoms with Crippen LogP contribution in [0.1, 0.15) is 45.4 Å². The Hall–Kier alpha value is -0.650. The van der Waals surface area contributed by atoms with Gasteiger partial charge in [-0.05, 0) is 78.0 Å². The largest absolute Gasteiger partial charge is 0.368 e. The van der Waals surface area contributed by atoms with Crippen molar-refractivity contribution in [3.63, 3.8) is 0 Å². The second-order valence-corrected chi connectivity index (χ2v) is 7.28. The summed E-state index contributed by atoms with van der Waals surface area (Å²) in [6, 6.07) is 0.803. The van der Waals surface area contributed by atoms with Gasteiger partial charge in [-0.2, -0.15) is 0 Å². The second kappa shape index (κ2) is 7.07. The lowest BCUT2D eigenvalue weighted by molar-refractivity contribution is -0.122. The lowest BCUT2D eigenvalue weighted by Gasteiger charge is -2.46. The number of amides is 1. The van der Waals surface area contributed by atoms with Crippen LogP contribution in [-0.4, -0.2) is 60.5 Å². The van der Waals surface area contributed by atoms with E-state index in [0.717, 1.165) is 31.3 Å². The van der Waals surface area contributed by atoms with E-state index >= 15 is 0 Å². The number of nitrogens with zero attached hydrogens (tertiary/aromatic N) is 2. The van der Waals surface area contributed by atoms with Crippen molar-refractivity contribution in [2.45, 2.75) is 57.0 Å². The Kier molecular flexibility index (Phi) is 5.63. The van der Waals surface area contributed by atoms with E-state index in [9.17, 15) is 4.79 Å². The Morgan fingerprint density at radius 3 is 2.76 bits per heavy atom. The van der Waals surface area contributed by atoms with Crippen molar-refractivity contribution in [2.24, 2.45) is 17.4 Å². The second-order valence-electron chi connectivity index (χ2n) is 7.28. The zero-order valence-electron chi connectivity index (χ0n) is 13.7. The fraction of sp³-hybridized carbons (Fsp3) is 0.938. The van der Waals surface area contributed by atoms with Gasteiger partial charge in [0, 0.05) is 12.6 Å². The summed E-state index contributed by atoms with van der Waals surface area (Å²) < 4.78 is 0. The number of primary amides is 1. The van der Waals surface area contributed by atoms with Crippen LogP contribution in [0.4, 0.5) is 0 Å². The summed E-state index contributed by atoms with van der Waals surface area (Å²) in [7, 11) is 2.28. The molecule has 5 nitrogen and oxygen atoms in total. The van der Waals surface area contributed by atoms with E-state index in [1.807, 2.05) is 0 Å². The molecule has 0 radical (unpaired) electrons. The van der Waals surface area contributed by atoms with Gasteiger partial charge in [-0.25, -0.2) is 0 Å². The molecule has 0 spiro atoms. The monoisotopic (exact) mass is 296 g/mol. The Balaban J connectivity index is 1.67. The number of rotatable bonds is 6. The Morgan fingerprint density at radius 2 is 2.05 bits per heavy atom. The number of hydrogen-bond donors (Lipinski definition) is 2. The molecule has 2 fully saturated rings. The fourth-order valence-electron chi connectivity index (χ4n) is 3.88. The summed E-state index contributed by atoms with van der Waals surface area (Å²) in [4.78, 5) is 16.3. The molecule has 0 aromatic rings. The molecule has 3 unspecified atom stereocenters. The third-order valence-corrected chi connectivity index (χ3v) is 5.41. The van der Waals surface area contributed by atoms with Crippen molar-refractivity contribution in [3.05, 3.63) is 0 Å². The number of piperidine rings is 2. The summed E-state index contributed by atoms with van der Waals surface area (Å²) >= 11 is 0. The standard InChI is InChI=1S/C16H32N4O/c1-16(18,15(17)21)8-3-4-10-20-11-7-14-13(12-20)6-5-9-19(14)2/h13-14H,3-12,18H2,1-2H3,(H2,17,21). The number of unbranched alkanes of at least 4 members (excludes halogenated alkanes) is 1. The Bertz CT molecular complexity index is 358. The summed E-state index contributed by atoms with van der Waals surface area (Å²) in [5, 5.41) is 0. The van der Waals surface area contributed by atoms with Gasteiger partial charge in [0.1, 0.15) is 0 Å². The normalized spacial score (nSPS) is 30.6. The third-order valence-electron chi connectivity index (χ3n) is 5.41. The molecule has 2 saturated heterocycles. The number of nitrogens with two attached hydrogens (primary N) is 2. The van der Waals surface area contributed by atoms with E-state index in [2.05, 4.69) is 16.8 Å². The molecule has 21 heavy (non-hydrogen) atoms. The maximum Gasteiger partial charge on any atom is 0.237 e. The van der Waals surface area contributed by atoms with Gasteiger partial charge in [0.15, 0.2) is 0 Å². The zero-order chi connectivity index (χ0) is 15.5. The SMILES string of the molecule is CN1CCCC2CN(CCCCC(C)(N)C(N)=O)CCC21. The van der Waals surface area contributed by atoms with Crippen LogP contribution in [0.15, 0.2) is 0 Å². The third kappa shape index (κ3) is 4.41. The smallest absolute Gasteiger partial charge is 0.237 e. The first kappa shape index (κ1) is 16.7.